The van der Waals surface area contributed by atoms with E-state index in [0.29, 0.717) is 0 Å². The van der Waals surface area contributed by atoms with Crippen molar-refractivity contribution < 1.29 is 28.2 Å². The minimum atomic E-state index is -4.49. The second kappa shape index (κ2) is 5.29. The van der Waals surface area contributed by atoms with E-state index in [9.17, 15) is 28.2 Å². The quantitative estimate of drug-likeness (QED) is 0.729. The molecular formula is C12H13F3N2O3. The van der Waals surface area contributed by atoms with Crippen molar-refractivity contribution >= 4 is 11.7 Å². The van der Waals surface area contributed by atoms with Crippen molar-refractivity contribution in [1.82, 2.24) is 4.90 Å². The highest BCUT2D eigenvalue weighted by molar-refractivity contribution is 5.89. The van der Waals surface area contributed by atoms with Gasteiger partial charge in [0.2, 0.25) is 0 Å². The van der Waals surface area contributed by atoms with Gasteiger partial charge in [-0.2, -0.15) is 13.2 Å². The number of alkyl halides is 3. The summed E-state index contributed by atoms with van der Waals surface area (Å²) in [5, 5.41) is 20.9. The van der Waals surface area contributed by atoms with Crippen LogP contribution >= 0.6 is 0 Å². The van der Waals surface area contributed by atoms with Gasteiger partial charge in [-0.3, -0.25) is 0 Å². The Morgan fingerprint density at radius 2 is 1.85 bits per heavy atom. The van der Waals surface area contributed by atoms with Crippen LogP contribution in [0.4, 0.5) is 23.7 Å². The van der Waals surface area contributed by atoms with Crippen LogP contribution in [0, 0.1) is 0 Å². The number of halogens is 3. The average molecular weight is 290 g/mol. The molecule has 1 heterocycles. The van der Waals surface area contributed by atoms with Crippen LogP contribution in [0.3, 0.4) is 0 Å². The van der Waals surface area contributed by atoms with E-state index in [1.807, 2.05) is 0 Å². The molecule has 2 amide bonds. The Labute approximate surface area is 112 Å². The van der Waals surface area contributed by atoms with Crippen LogP contribution in [0.2, 0.25) is 0 Å². The molecule has 3 N–H and O–H groups in total. The van der Waals surface area contributed by atoms with Gasteiger partial charge in [-0.15, -0.1) is 0 Å². The summed E-state index contributed by atoms with van der Waals surface area (Å²) in [6.07, 6.45) is -6.56. The smallest absolute Gasteiger partial charge is 0.388 e. The first-order valence-corrected chi connectivity index (χ1v) is 5.86. The molecule has 0 saturated carbocycles. The number of nitrogens with zero attached hydrogens (tertiary/aromatic N) is 1. The fourth-order valence-electron chi connectivity index (χ4n) is 1.91. The highest BCUT2D eigenvalue weighted by atomic mass is 19.4. The molecule has 20 heavy (non-hydrogen) atoms. The molecule has 2 rings (SSSR count). The first-order chi connectivity index (χ1) is 9.27. The molecule has 0 aromatic heterocycles. The minimum absolute atomic E-state index is 0.000652. The summed E-state index contributed by atoms with van der Waals surface area (Å²) in [6.45, 7) is -0.127. The summed E-state index contributed by atoms with van der Waals surface area (Å²) in [5.74, 6) is 0. The van der Waals surface area contributed by atoms with Gasteiger partial charge in [-0.1, -0.05) is 6.07 Å². The van der Waals surface area contributed by atoms with Gasteiger partial charge >= 0.3 is 12.2 Å². The number of carbonyl (C=O) groups excluding carboxylic acids is 1. The largest absolute Gasteiger partial charge is 0.416 e. The Balaban J connectivity index is 2.05. The van der Waals surface area contributed by atoms with Crippen LogP contribution < -0.4 is 5.32 Å². The van der Waals surface area contributed by atoms with Crippen LogP contribution in [0.15, 0.2) is 24.3 Å². The summed E-state index contributed by atoms with van der Waals surface area (Å²) in [5.41, 5.74) is -0.863. The molecule has 5 nitrogen and oxygen atoms in total. The molecule has 8 heteroatoms. The molecule has 0 spiro atoms. The lowest BCUT2D eigenvalue weighted by atomic mass is 10.2. The predicted molar refractivity (Wildman–Crippen MR) is 64.0 cm³/mol. The number of β-amino-alcohol motifs (C(OH)–C–C–N with tert-alkyl or cyclic N) is 2. The number of nitrogens with one attached hydrogen (secondary N) is 1. The number of aliphatic hydroxyl groups excluding tert-OH is 2. The number of anilines is 1. The van der Waals surface area contributed by atoms with E-state index in [2.05, 4.69) is 5.32 Å². The number of rotatable bonds is 1. The van der Waals surface area contributed by atoms with Crippen LogP contribution in [0.25, 0.3) is 0 Å². The Bertz CT molecular complexity index is 497. The van der Waals surface area contributed by atoms with Gasteiger partial charge in [0, 0.05) is 5.69 Å². The number of hydrogen-bond donors (Lipinski definition) is 3. The first-order valence-electron chi connectivity index (χ1n) is 5.86. The van der Waals surface area contributed by atoms with E-state index in [-0.39, 0.29) is 18.8 Å². The van der Waals surface area contributed by atoms with Crippen molar-refractivity contribution in [2.75, 3.05) is 18.4 Å². The van der Waals surface area contributed by atoms with Gasteiger partial charge in [0.25, 0.3) is 0 Å². The Morgan fingerprint density at radius 1 is 1.25 bits per heavy atom. The third-order valence-electron chi connectivity index (χ3n) is 2.99. The van der Waals surface area contributed by atoms with Crippen molar-refractivity contribution in [3.8, 4) is 0 Å². The fraction of sp³-hybridized carbons (Fsp3) is 0.417. The lowest BCUT2D eigenvalue weighted by molar-refractivity contribution is -0.137. The molecule has 1 aromatic rings. The maximum atomic E-state index is 12.5. The summed E-state index contributed by atoms with van der Waals surface area (Å²) >= 11 is 0. The molecule has 1 fully saturated rings. The van der Waals surface area contributed by atoms with E-state index >= 15 is 0 Å². The van der Waals surface area contributed by atoms with Crippen molar-refractivity contribution in [2.24, 2.45) is 0 Å². The zero-order valence-electron chi connectivity index (χ0n) is 10.3. The van der Waals surface area contributed by atoms with Crippen molar-refractivity contribution in [2.45, 2.75) is 18.4 Å². The Hall–Kier alpha value is -1.80. The van der Waals surface area contributed by atoms with Gasteiger partial charge in [-0.25, -0.2) is 4.79 Å². The molecule has 1 aromatic carbocycles. The van der Waals surface area contributed by atoms with Gasteiger partial charge in [0.15, 0.2) is 0 Å². The van der Waals surface area contributed by atoms with Crippen LogP contribution in [0.5, 0.6) is 0 Å². The lowest BCUT2D eigenvalue weighted by Crippen LogP contribution is -2.34. The predicted octanol–water partition coefficient (Wildman–Crippen LogP) is 1.27. The zero-order chi connectivity index (χ0) is 14.9. The molecule has 0 aliphatic carbocycles. The monoisotopic (exact) mass is 290 g/mol. The van der Waals surface area contributed by atoms with E-state index in [1.165, 1.54) is 12.1 Å². The zero-order valence-corrected chi connectivity index (χ0v) is 10.3. The topological polar surface area (TPSA) is 72.8 Å². The van der Waals surface area contributed by atoms with Crippen LogP contribution in [-0.4, -0.2) is 46.4 Å². The number of likely N-dealkylation sites (tertiary alicyclic amines) is 1. The fourth-order valence-corrected chi connectivity index (χ4v) is 1.91. The van der Waals surface area contributed by atoms with Crippen LogP contribution in [-0.2, 0) is 6.18 Å². The molecule has 0 radical (unpaired) electrons. The summed E-state index contributed by atoms with van der Waals surface area (Å²) in [6, 6.07) is 3.57. The maximum Gasteiger partial charge on any atom is 0.416 e. The Morgan fingerprint density at radius 3 is 2.40 bits per heavy atom. The second-order valence-electron chi connectivity index (χ2n) is 4.55. The number of amides is 2. The lowest BCUT2D eigenvalue weighted by Gasteiger charge is -2.17. The van der Waals surface area contributed by atoms with E-state index in [4.69, 9.17) is 0 Å². The maximum absolute atomic E-state index is 12.5. The molecule has 1 saturated heterocycles. The number of hydrogen-bond acceptors (Lipinski definition) is 3. The van der Waals surface area contributed by atoms with Crippen molar-refractivity contribution in [1.29, 1.82) is 0 Å². The van der Waals surface area contributed by atoms with Gasteiger partial charge in [0.05, 0.1) is 30.9 Å². The standard InChI is InChI=1S/C12H13F3N2O3/c13-12(14,15)7-2-1-3-8(4-7)16-11(20)17-5-9(18)10(19)6-17/h1-4,9-10,18-19H,5-6H2,(H,16,20). The second-order valence-corrected chi connectivity index (χ2v) is 4.55. The average Bonchev–Trinajstić information content (AvgIpc) is 2.69. The molecule has 1 aliphatic rings. The SMILES string of the molecule is O=C(Nc1cccc(C(F)(F)F)c1)N1CC(O)C(O)C1. The third-order valence-corrected chi connectivity index (χ3v) is 2.99. The number of benzene rings is 1. The molecule has 2 unspecified atom stereocenters. The third kappa shape index (κ3) is 3.20. The molecule has 110 valence electrons. The highest BCUT2D eigenvalue weighted by Crippen LogP contribution is 2.30. The summed E-state index contributed by atoms with van der Waals surface area (Å²) in [7, 11) is 0. The molecule has 0 bridgehead atoms. The van der Waals surface area contributed by atoms with Gasteiger partial charge in [0.1, 0.15) is 0 Å². The molecular weight excluding hydrogens is 277 g/mol. The molecule has 1 aliphatic heterocycles. The highest BCUT2D eigenvalue weighted by Gasteiger charge is 2.33. The number of carbonyl (C=O) groups is 1. The summed E-state index contributed by atoms with van der Waals surface area (Å²) < 4.78 is 37.6. The first kappa shape index (κ1) is 14.6. The van der Waals surface area contributed by atoms with Crippen LogP contribution in [0.1, 0.15) is 5.56 Å². The normalized spacial score (nSPS) is 22.9. The Kier molecular flexibility index (Phi) is 3.87. The van der Waals surface area contributed by atoms with E-state index < -0.39 is 30.0 Å². The number of aliphatic hydroxyl groups is 2. The number of urea groups is 1. The minimum Gasteiger partial charge on any atom is -0.388 e. The van der Waals surface area contributed by atoms with Crippen molar-refractivity contribution in [3.63, 3.8) is 0 Å². The van der Waals surface area contributed by atoms with Crippen molar-refractivity contribution in [3.05, 3.63) is 29.8 Å². The molecule has 2 atom stereocenters. The van der Waals surface area contributed by atoms with E-state index in [0.717, 1.165) is 17.0 Å². The van der Waals surface area contributed by atoms with Gasteiger partial charge < -0.3 is 20.4 Å². The van der Waals surface area contributed by atoms with Gasteiger partial charge in [-0.05, 0) is 18.2 Å². The summed E-state index contributed by atoms with van der Waals surface area (Å²) in [4.78, 5) is 12.9. The van der Waals surface area contributed by atoms with E-state index in [1.54, 1.807) is 0 Å².